The number of halogens is 1. The van der Waals surface area contributed by atoms with Crippen LogP contribution in [-0.4, -0.2) is 24.5 Å². The number of anilines is 1. The lowest BCUT2D eigenvalue weighted by molar-refractivity contribution is 0.629. The smallest absolute Gasteiger partial charge is 0.240 e. The Morgan fingerprint density at radius 1 is 1.20 bits per heavy atom. The third-order valence-electron chi connectivity index (χ3n) is 2.74. The average Bonchev–Trinajstić information content (AvgIpc) is 2.95. The van der Waals surface area contributed by atoms with E-state index in [1.54, 1.807) is 29.1 Å². The monoisotopic (exact) mass is 270 g/mol. The van der Waals surface area contributed by atoms with Gasteiger partial charge in [-0.1, -0.05) is 11.6 Å². The van der Waals surface area contributed by atoms with Gasteiger partial charge in [0, 0.05) is 12.4 Å². The van der Waals surface area contributed by atoms with Crippen LogP contribution < -0.4 is 5.73 Å². The van der Waals surface area contributed by atoms with E-state index in [1.807, 2.05) is 6.92 Å². The summed E-state index contributed by atoms with van der Waals surface area (Å²) < 4.78 is 15.5. The van der Waals surface area contributed by atoms with Gasteiger partial charge in [0.15, 0.2) is 5.82 Å². The number of aromatic nitrogens is 5. The summed E-state index contributed by atoms with van der Waals surface area (Å²) in [6.07, 6.45) is 4.79. The molecule has 0 aliphatic carbocycles. The molecule has 20 heavy (non-hydrogen) atoms. The maximum Gasteiger partial charge on any atom is 0.240 e. The molecule has 1 aromatic carbocycles. The molecule has 2 N–H and O–H groups in total. The molecule has 3 rings (SSSR count). The molecule has 0 saturated heterocycles. The molecule has 7 heteroatoms. The van der Waals surface area contributed by atoms with Crippen LogP contribution in [0.5, 0.6) is 0 Å². The minimum absolute atomic E-state index is 0.0274. The van der Waals surface area contributed by atoms with E-state index < -0.39 is 5.82 Å². The molecule has 0 spiro atoms. The Kier molecular flexibility index (Phi) is 2.86. The van der Waals surface area contributed by atoms with Gasteiger partial charge in [-0.15, -0.1) is 0 Å². The van der Waals surface area contributed by atoms with E-state index in [4.69, 9.17) is 5.73 Å². The summed E-state index contributed by atoms with van der Waals surface area (Å²) in [4.78, 5) is 16.1. The second kappa shape index (κ2) is 4.69. The van der Waals surface area contributed by atoms with E-state index in [9.17, 15) is 4.39 Å². The zero-order chi connectivity index (χ0) is 14.1. The zero-order valence-electron chi connectivity index (χ0n) is 10.7. The summed E-state index contributed by atoms with van der Waals surface area (Å²) in [5.74, 6) is 0.116. The van der Waals surface area contributed by atoms with E-state index in [1.165, 1.54) is 12.4 Å². The van der Waals surface area contributed by atoms with Crippen LogP contribution in [0, 0.1) is 12.7 Å². The van der Waals surface area contributed by atoms with Crippen molar-refractivity contribution in [2.75, 3.05) is 5.73 Å². The number of nitrogen functional groups attached to an aromatic ring is 1. The average molecular weight is 270 g/mol. The van der Waals surface area contributed by atoms with Crippen molar-refractivity contribution < 1.29 is 4.39 Å². The standard InChI is InChI=1S/C13H11FN6/c1-8-2-3-10(14)9(6-8)11-17-12(15)19-13(18-11)20-5-4-16-7-20/h2-7H,1H3,(H2,15,17,18,19). The van der Waals surface area contributed by atoms with Crippen LogP contribution in [0.3, 0.4) is 0 Å². The van der Waals surface area contributed by atoms with Crippen LogP contribution in [0.1, 0.15) is 5.56 Å². The molecule has 0 saturated carbocycles. The molecule has 0 amide bonds. The largest absolute Gasteiger partial charge is 0.368 e. The van der Waals surface area contributed by atoms with Crippen LogP contribution >= 0.6 is 0 Å². The van der Waals surface area contributed by atoms with Crippen LogP contribution in [0.15, 0.2) is 36.9 Å². The van der Waals surface area contributed by atoms with Gasteiger partial charge in [0.25, 0.3) is 0 Å². The number of nitrogens with zero attached hydrogens (tertiary/aromatic N) is 5. The summed E-state index contributed by atoms with van der Waals surface area (Å²) in [5.41, 5.74) is 6.87. The van der Waals surface area contributed by atoms with Gasteiger partial charge in [0.05, 0.1) is 5.56 Å². The van der Waals surface area contributed by atoms with Gasteiger partial charge in [-0.25, -0.2) is 9.37 Å². The number of rotatable bonds is 2. The highest BCUT2D eigenvalue weighted by Gasteiger charge is 2.12. The Hall–Kier alpha value is -2.83. The van der Waals surface area contributed by atoms with Gasteiger partial charge in [-0.05, 0) is 19.1 Å². The third kappa shape index (κ3) is 2.20. The molecular formula is C13H11FN6. The second-order valence-corrected chi connectivity index (χ2v) is 4.27. The molecule has 3 aromatic rings. The third-order valence-corrected chi connectivity index (χ3v) is 2.74. The normalized spacial score (nSPS) is 10.7. The van der Waals surface area contributed by atoms with Gasteiger partial charge in [-0.3, -0.25) is 4.57 Å². The lowest BCUT2D eigenvalue weighted by Gasteiger charge is -2.06. The van der Waals surface area contributed by atoms with Crippen molar-refractivity contribution >= 4 is 5.95 Å². The van der Waals surface area contributed by atoms with Crippen LogP contribution in [0.25, 0.3) is 17.3 Å². The molecule has 0 aliphatic rings. The zero-order valence-corrected chi connectivity index (χ0v) is 10.7. The highest BCUT2D eigenvalue weighted by atomic mass is 19.1. The predicted molar refractivity (Wildman–Crippen MR) is 71.5 cm³/mol. The van der Waals surface area contributed by atoms with Crippen LogP contribution in [0.2, 0.25) is 0 Å². The molecule has 100 valence electrons. The number of nitrogens with two attached hydrogens (primary N) is 1. The van der Waals surface area contributed by atoms with Gasteiger partial charge in [0.1, 0.15) is 12.1 Å². The maximum absolute atomic E-state index is 13.9. The number of imidazole rings is 1. The number of hydrogen-bond donors (Lipinski definition) is 1. The fourth-order valence-corrected chi connectivity index (χ4v) is 1.80. The molecule has 0 atom stereocenters. The fourth-order valence-electron chi connectivity index (χ4n) is 1.80. The molecule has 0 radical (unpaired) electrons. The molecule has 0 unspecified atom stereocenters. The molecule has 0 bridgehead atoms. The lowest BCUT2D eigenvalue weighted by atomic mass is 10.1. The molecule has 2 aromatic heterocycles. The first-order chi connectivity index (χ1) is 9.63. The van der Waals surface area contributed by atoms with E-state index in [-0.39, 0.29) is 11.8 Å². The summed E-state index contributed by atoms with van der Waals surface area (Å²) in [6.45, 7) is 1.87. The predicted octanol–water partition coefficient (Wildman–Crippen LogP) is 1.75. The Morgan fingerprint density at radius 2 is 2.05 bits per heavy atom. The Balaban J connectivity index is 2.17. The van der Waals surface area contributed by atoms with Crippen molar-refractivity contribution in [3.8, 4) is 17.3 Å². The van der Waals surface area contributed by atoms with Gasteiger partial charge >= 0.3 is 0 Å². The van der Waals surface area contributed by atoms with Gasteiger partial charge in [-0.2, -0.15) is 15.0 Å². The van der Waals surface area contributed by atoms with E-state index in [2.05, 4.69) is 19.9 Å². The fraction of sp³-hybridized carbons (Fsp3) is 0.0769. The Bertz CT molecular complexity index is 754. The maximum atomic E-state index is 13.9. The molecular weight excluding hydrogens is 259 g/mol. The summed E-state index contributed by atoms with van der Waals surface area (Å²) in [7, 11) is 0. The van der Waals surface area contributed by atoms with E-state index >= 15 is 0 Å². The highest BCUT2D eigenvalue weighted by Crippen LogP contribution is 2.21. The van der Waals surface area contributed by atoms with Crippen molar-refractivity contribution in [2.45, 2.75) is 6.92 Å². The van der Waals surface area contributed by atoms with Crippen LogP contribution in [0.4, 0.5) is 10.3 Å². The van der Waals surface area contributed by atoms with Crippen LogP contribution in [-0.2, 0) is 0 Å². The van der Waals surface area contributed by atoms with Crippen molar-refractivity contribution in [2.24, 2.45) is 0 Å². The molecule has 0 aliphatic heterocycles. The first-order valence-electron chi connectivity index (χ1n) is 5.90. The van der Waals surface area contributed by atoms with Gasteiger partial charge < -0.3 is 5.73 Å². The summed E-state index contributed by atoms with van der Waals surface area (Å²) in [6, 6.07) is 4.73. The lowest BCUT2D eigenvalue weighted by Crippen LogP contribution is -2.07. The quantitative estimate of drug-likeness (QED) is 0.767. The minimum atomic E-state index is -0.405. The number of hydrogen-bond acceptors (Lipinski definition) is 5. The second-order valence-electron chi connectivity index (χ2n) is 4.27. The topological polar surface area (TPSA) is 82.5 Å². The number of benzene rings is 1. The SMILES string of the molecule is Cc1ccc(F)c(-c2nc(N)nc(-n3ccnc3)n2)c1. The van der Waals surface area contributed by atoms with E-state index in [0.717, 1.165) is 5.56 Å². The Labute approximate surface area is 114 Å². The number of aryl methyl sites for hydroxylation is 1. The first kappa shape index (κ1) is 12.2. The summed E-state index contributed by atoms with van der Waals surface area (Å²) >= 11 is 0. The van der Waals surface area contributed by atoms with Crippen molar-refractivity contribution in [1.29, 1.82) is 0 Å². The van der Waals surface area contributed by atoms with E-state index in [0.29, 0.717) is 11.5 Å². The van der Waals surface area contributed by atoms with Crippen molar-refractivity contribution in [3.05, 3.63) is 48.3 Å². The highest BCUT2D eigenvalue weighted by molar-refractivity contribution is 5.58. The minimum Gasteiger partial charge on any atom is -0.368 e. The first-order valence-corrected chi connectivity index (χ1v) is 5.90. The molecule has 2 heterocycles. The van der Waals surface area contributed by atoms with Crippen molar-refractivity contribution in [1.82, 2.24) is 24.5 Å². The molecule has 6 nitrogen and oxygen atoms in total. The Morgan fingerprint density at radius 3 is 2.80 bits per heavy atom. The molecule has 0 fully saturated rings. The van der Waals surface area contributed by atoms with Gasteiger partial charge in [0.2, 0.25) is 11.9 Å². The summed E-state index contributed by atoms with van der Waals surface area (Å²) in [5, 5.41) is 0. The van der Waals surface area contributed by atoms with Crippen molar-refractivity contribution in [3.63, 3.8) is 0 Å².